The molecule has 0 bridgehead atoms. The standard InChI is InChI=1S/C7H5BrF2IN/c1-3-5(11)2-4(8)6(12-3)7(9)10/h2,7H,1H3. The minimum absolute atomic E-state index is 0.187. The summed E-state index contributed by atoms with van der Waals surface area (Å²) in [5, 5.41) is 0. The van der Waals surface area contributed by atoms with Gasteiger partial charge in [-0.2, -0.15) is 0 Å². The first kappa shape index (κ1) is 10.3. The largest absolute Gasteiger partial charge is 0.281 e. The molecule has 0 aliphatic heterocycles. The van der Waals surface area contributed by atoms with Gasteiger partial charge in [-0.15, -0.1) is 0 Å². The zero-order chi connectivity index (χ0) is 9.30. The molecule has 0 spiro atoms. The molecule has 1 nitrogen and oxygen atoms in total. The summed E-state index contributed by atoms with van der Waals surface area (Å²) in [5.74, 6) is 0. The maximum Gasteiger partial charge on any atom is 0.281 e. The molecule has 5 heteroatoms. The Bertz CT molecular complexity index is 304. The van der Waals surface area contributed by atoms with Gasteiger partial charge in [0.1, 0.15) is 5.69 Å². The van der Waals surface area contributed by atoms with Crippen molar-refractivity contribution in [3.05, 3.63) is 25.5 Å². The lowest BCUT2D eigenvalue weighted by Gasteiger charge is -2.04. The van der Waals surface area contributed by atoms with Crippen LogP contribution in [0.1, 0.15) is 17.8 Å². The second-order valence-electron chi connectivity index (χ2n) is 2.22. The zero-order valence-electron chi connectivity index (χ0n) is 6.11. The maximum absolute atomic E-state index is 12.2. The van der Waals surface area contributed by atoms with Crippen molar-refractivity contribution >= 4 is 38.5 Å². The number of aromatic nitrogens is 1. The second-order valence-corrected chi connectivity index (χ2v) is 4.24. The summed E-state index contributed by atoms with van der Waals surface area (Å²) in [7, 11) is 0. The first-order valence-corrected chi connectivity index (χ1v) is 5.00. The molecule has 0 radical (unpaired) electrons. The third kappa shape index (κ3) is 2.12. The van der Waals surface area contributed by atoms with Crippen LogP contribution in [0, 0.1) is 10.5 Å². The van der Waals surface area contributed by atoms with Crippen LogP contribution in [0.15, 0.2) is 10.5 Å². The average Bonchev–Trinajstić information content (AvgIpc) is 1.96. The first-order valence-electron chi connectivity index (χ1n) is 3.13. The van der Waals surface area contributed by atoms with E-state index in [4.69, 9.17) is 0 Å². The average molecular weight is 348 g/mol. The molecule has 0 N–H and O–H groups in total. The Kier molecular flexibility index (Phi) is 3.39. The van der Waals surface area contributed by atoms with E-state index in [1.54, 1.807) is 13.0 Å². The number of nitrogens with zero attached hydrogens (tertiary/aromatic N) is 1. The van der Waals surface area contributed by atoms with Gasteiger partial charge < -0.3 is 0 Å². The number of aryl methyl sites for hydroxylation is 1. The van der Waals surface area contributed by atoms with Gasteiger partial charge in [-0.05, 0) is 51.5 Å². The predicted octanol–water partition coefficient (Wildman–Crippen LogP) is 3.69. The lowest BCUT2D eigenvalue weighted by Crippen LogP contribution is -1.96. The summed E-state index contributed by atoms with van der Waals surface area (Å²) >= 11 is 5.09. The molecule has 0 saturated heterocycles. The van der Waals surface area contributed by atoms with E-state index >= 15 is 0 Å². The molecular formula is C7H5BrF2IN. The van der Waals surface area contributed by atoms with E-state index < -0.39 is 6.43 Å². The Labute approximate surface area is 90.8 Å². The summed E-state index contributed by atoms with van der Waals surface area (Å²) < 4.78 is 25.7. The number of rotatable bonds is 1. The fourth-order valence-electron chi connectivity index (χ4n) is 0.730. The van der Waals surface area contributed by atoms with Crippen molar-refractivity contribution in [1.29, 1.82) is 0 Å². The Morgan fingerprint density at radius 2 is 2.17 bits per heavy atom. The summed E-state index contributed by atoms with van der Waals surface area (Å²) in [6, 6.07) is 1.64. The lowest BCUT2D eigenvalue weighted by atomic mass is 10.3. The molecule has 12 heavy (non-hydrogen) atoms. The van der Waals surface area contributed by atoms with E-state index in [9.17, 15) is 8.78 Å². The number of alkyl halides is 2. The predicted molar refractivity (Wildman–Crippen MR) is 54.3 cm³/mol. The SMILES string of the molecule is Cc1nc(C(F)F)c(Br)cc1I. The van der Waals surface area contributed by atoms with Crippen LogP contribution in [0.5, 0.6) is 0 Å². The molecule has 0 saturated carbocycles. The van der Waals surface area contributed by atoms with Gasteiger partial charge in [0.05, 0.1) is 5.69 Å². The van der Waals surface area contributed by atoms with Crippen LogP contribution in [0.4, 0.5) is 8.78 Å². The van der Waals surface area contributed by atoms with Gasteiger partial charge in [-0.3, -0.25) is 0 Å². The number of hydrogen-bond donors (Lipinski definition) is 0. The molecule has 0 aliphatic carbocycles. The smallest absolute Gasteiger partial charge is 0.250 e. The van der Waals surface area contributed by atoms with Crippen LogP contribution in [0.25, 0.3) is 0 Å². The van der Waals surface area contributed by atoms with Crippen molar-refractivity contribution in [1.82, 2.24) is 4.98 Å². The number of hydrogen-bond acceptors (Lipinski definition) is 1. The van der Waals surface area contributed by atoms with E-state index in [0.717, 1.165) is 3.57 Å². The monoisotopic (exact) mass is 347 g/mol. The van der Waals surface area contributed by atoms with Crippen LogP contribution in [0.3, 0.4) is 0 Å². The van der Waals surface area contributed by atoms with E-state index in [1.165, 1.54) is 0 Å². The molecule has 0 unspecified atom stereocenters. The van der Waals surface area contributed by atoms with Crippen molar-refractivity contribution in [2.75, 3.05) is 0 Å². The summed E-state index contributed by atoms with van der Waals surface area (Å²) in [5.41, 5.74) is 0.446. The maximum atomic E-state index is 12.2. The van der Waals surface area contributed by atoms with Crippen molar-refractivity contribution in [3.63, 3.8) is 0 Å². The minimum atomic E-state index is -2.52. The molecule has 0 aromatic carbocycles. The molecule has 1 rings (SSSR count). The van der Waals surface area contributed by atoms with Crippen LogP contribution in [0.2, 0.25) is 0 Å². The highest BCUT2D eigenvalue weighted by molar-refractivity contribution is 14.1. The summed E-state index contributed by atoms with van der Waals surface area (Å²) in [4.78, 5) is 3.77. The Balaban J connectivity index is 3.23. The molecule has 0 fully saturated rings. The topological polar surface area (TPSA) is 12.9 Å². The van der Waals surface area contributed by atoms with Crippen molar-refractivity contribution in [2.45, 2.75) is 13.3 Å². The molecule has 0 atom stereocenters. The number of halogens is 4. The second kappa shape index (κ2) is 3.95. The van der Waals surface area contributed by atoms with Gasteiger partial charge in [-0.25, -0.2) is 13.8 Å². The van der Waals surface area contributed by atoms with Crippen LogP contribution < -0.4 is 0 Å². The molecule has 1 aromatic heterocycles. The van der Waals surface area contributed by atoms with Crippen LogP contribution >= 0.6 is 38.5 Å². The number of pyridine rings is 1. The van der Waals surface area contributed by atoms with Gasteiger partial charge in [0.25, 0.3) is 6.43 Å². The van der Waals surface area contributed by atoms with Crippen molar-refractivity contribution in [2.24, 2.45) is 0 Å². The summed E-state index contributed by atoms with van der Waals surface area (Å²) in [6.07, 6.45) is -2.52. The molecule has 0 amide bonds. The lowest BCUT2D eigenvalue weighted by molar-refractivity contribution is 0.145. The molecule has 1 aromatic rings. The molecular weight excluding hydrogens is 343 g/mol. The normalized spacial score (nSPS) is 10.8. The van der Waals surface area contributed by atoms with E-state index in [0.29, 0.717) is 10.2 Å². The highest BCUT2D eigenvalue weighted by Crippen LogP contribution is 2.27. The van der Waals surface area contributed by atoms with E-state index in [-0.39, 0.29) is 5.69 Å². The van der Waals surface area contributed by atoms with Gasteiger partial charge >= 0.3 is 0 Å². The van der Waals surface area contributed by atoms with E-state index in [2.05, 4.69) is 43.5 Å². The van der Waals surface area contributed by atoms with E-state index in [1.807, 2.05) is 0 Å². The Hall–Kier alpha value is 0.220. The Morgan fingerprint density at radius 1 is 1.58 bits per heavy atom. The van der Waals surface area contributed by atoms with Crippen LogP contribution in [-0.2, 0) is 0 Å². The van der Waals surface area contributed by atoms with Crippen molar-refractivity contribution < 1.29 is 8.78 Å². The molecule has 1 heterocycles. The first-order chi connectivity index (χ1) is 5.52. The highest BCUT2D eigenvalue weighted by atomic mass is 127. The van der Waals surface area contributed by atoms with Crippen LogP contribution in [-0.4, -0.2) is 4.98 Å². The Morgan fingerprint density at radius 3 is 2.67 bits per heavy atom. The quantitative estimate of drug-likeness (QED) is 0.706. The summed E-state index contributed by atoms with van der Waals surface area (Å²) in [6.45, 7) is 1.71. The fraction of sp³-hybridized carbons (Fsp3) is 0.286. The van der Waals surface area contributed by atoms with Gasteiger partial charge in [0.2, 0.25) is 0 Å². The van der Waals surface area contributed by atoms with Gasteiger partial charge in [0.15, 0.2) is 0 Å². The third-order valence-electron chi connectivity index (χ3n) is 1.34. The van der Waals surface area contributed by atoms with Gasteiger partial charge in [-0.1, -0.05) is 0 Å². The fourth-order valence-corrected chi connectivity index (χ4v) is 2.08. The molecule has 0 aliphatic rings. The minimum Gasteiger partial charge on any atom is -0.250 e. The third-order valence-corrected chi connectivity index (χ3v) is 3.07. The molecule has 66 valence electrons. The van der Waals surface area contributed by atoms with Crippen molar-refractivity contribution in [3.8, 4) is 0 Å². The zero-order valence-corrected chi connectivity index (χ0v) is 9.86. The van der Waals surface area contributed by atoms with Gasteiger partial charge in [0, 0.05) is 8.04 Å². The highest BCUT2D eigenvalue weighted by Gasteiger charge is 2.14.